The molecule has 0 aliphatic rings. The number of rotatable bonds is 3. The zero-order chi connectivity index (χ0) is 28.8. The van der Waals surface area contributed by atoms with E-state index in [0.29, 0.717) is 5.92 Å². The third kappa shape index (κ3) is 9.14. The normalized spacial score (nSPS) is 10.2. The Kier molecular flexibility index (Phi) is 14.2. The van der Waals surface area contributed by atoms with Crippen LogP contribution in [0.2, 0.25) is 13.1 Å². The fourth-order valence-electron chi connectivity index (χ4n) is 5.04. The first kappa shape index (κ1) is 36.0. The van der Waals surface area contributed by atoms with E-state index in [4.69, 9.17) is 0 Å². The van der Waals surface area contributed by atoms with Crippen molar-refractivity contribution in [3.8, 4) is 22.3 Å². The maximum absolute atomic E-state index is 2.34. The Morgan fingerprint density at radius 1 is 0.643 bits per heavy atom. The van der Waals surface area contributed by atoms with Gasteiger partial charge in [0.15, 0.2) is 0 Å². The van der Waals surface area contributed by atoms with Gasteiger partial charge in [-0.05, 0) is 24.0 Å². The second-order valence-corrected chi connectivity index (χ2v) is 20.6. The zero-order valence-corrected chi connectivity index (χ0v) is 30.7. The van der Waals surface area contributed by atoms with E-state index >= 15 is 0 Å². The standard InChI is InChI=1S/C19H19.C17H15.C2H6Si.2ClH.Zr/c1-13(2)17-11-16-5-4-6-18(19(16)12-17)15-9-7-14(3)8-10-15;1-12-10-16-13(2)8-9-15(17(16)11-12)14-6-4-3-5-7-14;1-3-2;;;/h4-13H,1-3H3;3-11H,1-2H3;1-2H3;2*1H;/q2*-1;;;;+2/p-2. The van der Waals surface area contributed by atoms with E-state index in [1.54, 1.807) is 23.3 Å². The second kappa shape index (κ2) is 16.6. The molecule has 4 heteroatoms. The number of aryl methyl sites for hydroxylation is 3. The molecular weight excluding hydrogens is 647 g/mol. The minimum atomic E-state index is 0. The minimum Gasteiger partial charge on any atom is -1.00 e. The molecule has 42 heavy (non-hydrogen) atoms. The van der Waals surface area contributed by atoms with Crippen molar-refractivity contribution in [1.82, 2.24) is 0 Å². The summed E-state index contributed by atoms with van der Waals surface area (Å²) < 4.78 is 0. The van der Waals surface area contributed by atoms with Crippen LogP contribution in [0.5, 0.6) is 0 Å². The predicted molar refractivity (Wildman–Crippen MR) is 176 cm³/mol. The molecule has 0 aliphatic carbocycles. The number of benzene rings is 4. The van der Waals surface area contributed by atoms with Gasteiger partial charge in [-0.1, -0.05) is 111 Å². The molecule has 0 fully saturated rings. The van der Waals surface area contributed by atoms with Crippen LogP contribution < -0.4 is 24.8 Å². The Hall–Kier alpha value is -2.22. The van der Waals surface area contributed by atoms with Crippen LogP contribution in [0, 0.1) is 20.8 Å². The van der Waals surface area contributed by atoms with Gasteiger partial charge in [0.05, 0.1) is 0 Å². The maximum atomic E-state index is 2.34. The van der Waals surface area contributed by atoms with Crippen LogP contribution in [0.1, 0.15) is 42.0 Å². The van der Waals surface area contributed by atoms with Crippen molar-refractivity contribution < 1.29 is 48.1 Å². The number of fused-ring (bicyclic) bond motifs is 2. The summed E-state index contributed by atoms with van der Waals surface area (Å²) in [5.74, 6) is 0.582. The molecule has 0 saturated carbocycles. The van der Waals surface area contributed by atoms with Crippen molar-refractivity contribution in [2.75, 3.05) is 0 Å². The van der Waals surface area contributed by atoms with E-state index in [1.165, 1.54) is 66.1 Å². The van der Waals surface area contributed by atoms with Crippen molar-refractivity contribution in [3.63, 3.8) is 0 Å². The number of hydrogen-bond donors (Lipinski definition) is 0. The quantitative estimate of drug-likeness (QED) is 0.176. The summed E-state index contributed by atoms with van der Waals surface area (Å²) in [5.41, 5.74) is 10.9. The summed E-state index contributed by atoms with van der Waals surface area (Å²) in [6.07, 6.45) is 0. The smallest absolute Gasteiger partial charge is 0.0279 e. The molecule has 0 unspecified atom stereocenters. The Morgan fingerprint density at radius 3 is 1.86 bits per heavy atom. The van der Waals surface area contributed by atoms with E-state index in [2.05, 4.69) is 157 Å². The van der Waals surface area contributed by atoms with Crippen molar-refractivity contribution in [1.29, 1.82) is 0 Å². The zero-order valence-electron chi connectivity index (χ0n) is 25.7. The molecule has 6 aromatic carbocycles. The van der Waals surface area contributed by atoms with Crippen LogP contribution in [-0.4, -0.2) is 5.43 Å². The largest absolute Gasteiger partial charge is 1.00 e. The maximum Gasteiger partial charge on any atom is -0.0279 e. The van der Waals surface area contributed by atoms with E-state index in [1.807, 2.05) is 0 Å². The fraction of sp³-hybridized carbons (Fsp3) is 0.211. The third-order valence-corrected chi connectivity index (χ3v) is 7.14. The van der Waals surface area contributed by atoms with Crippen molar-refractivity contribution in [3.05, 3.63) is 131 Å². The third-order valence-electron chi connectivity index (χ3n) is 7.14. The van der Waals surface area contributed by atoms with Gasteiger partial charge < -0.3 is 24.8 Å². The molecule has 0 amide bonds. The van der Waals surface area contributed by atoms with Gasteiger partial charge in [-0.15, -0.1) is 68.6 Å². The van der Waals surface area contributed by atoms with E-state index in [0.717, 1.165) is 0 Å². The van der Waals surface area contributed by atoms with Crippen LogP contribution >= 0.6 is 0 Å². The van der Waals surface area contributed by atoms with Gasteiger partial charge >= 0.3 is 41.9 Å². The van der Waals surface area contributed by atoms with Gasteiger partial charge in [-0.3, -0.25) is 0 Å². The van der Waals surface area contributed by atoms with Gasteiger partial charge in [-0.25, -0.2) is 0 Å². The Morgan fingerprint density at radius 2 is 1.24 bits per heavy atom. The SMILES string of the molecule is C[Si](C)=[Zr+2].Cc1cc2c(-c3ccccc3)ccc(C)c2[cH-]1.Cc1ccc(-c2cccc3[cH-]c(C(C)C)cc23)cc1.[Cl-].[Cl-]. The average Bonchev–Trinajstić information content (AvgIpc) is 3.54. The monoisotopic (exact) mass is 684 g/mol. The second-order valence-electron chi connectivity index (χ2n) is 11.3. The van der Waals surface area contributed by atoms with Crippen molar-refractivity contribution >= 4 is 27.0 Å². The molecule has 0 spiro atoms. The number of hydrogen-bond acceptors (Lipinski definition) is 0. The number of halogens is 2. The molecule has 6 rings (SSSR count). The van der Waals surface area contributed by atoms with Crippen LogP contribution in [0.15, 0.2) is 109 Å². The first-order valence-corrected chi connectivity index (χ1v) is 20.3. The van der Waals surface area contributed by atoms with Crippen molar-refractivity contribution in [2.45, 2.75) is 53.6 Å². The predicted octanol–water partition coefficient (Wildman–Crippen LogP) is 5.29. The van der Waals surface area contributed by atoms with Gasteiger partial charge in [0, 0.05) is 0 Å². The summed E-state index contributed by atoms with van der Waals surface area (Å²) in [4.78, 5) is 0. The molecule has 6 aromatic rings. The molecular formula is C38H40Cl2SiZr-2. The van der Waals surface area contributed by atoms with Gasteiger partial charge in [0.25, 0.3) is 0 Å². The fourth-order valence-corrected chi connectivity index (χ4v) is 5.04. The molecule has 0 bridgehead atoms. The Balaban J connectivity index is 0.000000251. The molecule has 0 nitrogen and oxygen atoms in total. The summed E-state index contributed by atoms with van der Waals surface area (Å²) in [6.45, 7) is 15.6. The minimum absolute atomic E-state index is 0. The topological polar surface area (TPSA) is 0 Å². The molecule has 0 atom stereocenters. The Labute approximate surface area is 280 Å². The van der Waals surface area contributed by atoms with Crippen LogP contribution in [0.4, 0.5) is 0 Å². The van der Waals surface area contributed by atoms with Crippen LogP contribution in [0.3, 0.4) is 0 Å². The van der Waals surface area contributed by atoms with E-state index in [9.17, 15) is 0 Å². The summed E-state index contributed by atoms with van der Waals surface area (Å²) >= 11 is 1.74. The first-order chi connectivity index (χ1) is 19.1. The Bertz CT molecular complexity index is 1720. The summed E-state index contributed by atoms with van der Waals surface area (Å²) in [5, 5.41) is 5.47. The molecule has 0 saturated heterocycles. The first-order valence-electron chi connectivity index (χ1n) is 14.1. The van der Waals surface area contributed by atoms with Gasteiger partial charge in [0.1, 0.15) is 0 Å². The van der Waals surface area contributed by atoms with Gasteiger partial charge in [0.2, 0.25) is 0 Å². The molecule has 0 N–H and O–H groups in total. The molecule has 0 heterocycles. The molecule has 0 aromatic heterocycles. The van der Waals surface area contributed by atoms with Crippen molar-refractivity contribution in [2.24, 2.45) is 0 Å². The van der Waals surface area contributed by atoms with Gasteiger partial charge in [-0.2, -0.15) is 12.1 Å². The van der Waals surface area contributed by atoms with Crippen LogP contribution in [0.25, 0.3) is 43.8 Å². The summed E-state index contributed by atoms with van der Waals surface area (Å²) in [6, 6.07) is 39.6. The molecule has 0 aliphatic heterocycles. The summed E-state index contributed by atoms with van der Waals surface area (Å²) in [7, 11) is 0. The average molecular weight is 687 g/mol. The van der Waals surface area contributed by atoms with E-state index in [-0.39, 0.29) is 30.2 Å². The molecule has 0 radical (unpaired) electrons. The molecule has 216 valence electrons. The van der Waals surface area contributed by atoms with E-state index < -0.39 is 0 Å². The van der Waals surface area contributed by atoms with Crippen LogP contribution in [-0.2, 0) is 23.3 Å².